The van der Waals surface area contributed by atoms with E-state index in [1.165, 1.54) is 40.7 Å². The topological polar surface area (TPSA) is 95.1 Å². The first-order valence-corrected chi connectivity index (χ1v) is 10.8. The van der Waals surface area contributed by atoms with Crippen LogP contribution >= 0.6 is 11.8 Å². The van der Waals surface area contributed by atoms with Crippen LogP contribution in [0, 0.1) is 12.7 Å². The van der Waals surface area contributed by atoms with Crippen LogP contribution in [0.25, 0.3) is 0 Å². The molecule has 1 aromatic heterocycles. The first-order chi connectivity index (χ1) is 14.8. The van der Waals surface area contributed by atoms with Gasteiger partial charge in [0.1, 0.15) is 18.2 Å². The average molecular weight is 444 g/mol. The second-order valence-electron chi connectivity index (χ2n) is 7.45. The van der Waals surface area contributed by atoms with E-state index in [1.807, 2.05) is 25.1 Å². The molecule has 0 aliphatic heterocycles. The first kappa shape index (κ1) is 22.6. The van der Waals surface area contributed by atoms with Crippen LogP contribution in [0.5, 0.6) is 5.75 Å². The van der Waals surface area contributed by atoms with Crippen LogP contribution in [0.4, 0.5) is 10.1 Å². The summed E-state index contributed by atoms with van der Waals surface area (Å²) in [5.74, 6) is 6.76. The highest BCUT2D eigenvalue weighted by Gasteiger charge is 2.21. The average Bonchev–Trinajstić information content (AvgIpc) is 3.08. The van der Waals surface area contributed by atoms with E-state index in [4.69, 9.17) is 10.6 Å². The van der Waals surface area contributed by atoms with Crippen molar-refractivity contribution < 1.29 is 13.9 Å². The van der Waals surface area contributed by atoms with Gasteiger partial charge in [-0.25, -0.2) is 9.07 Å². The third-order valence-electron chi connectivity index (χ3n) is 4.74. The second-order valence-corrected chi connectivity index (χ2v) is 8.76. The van der Waals surface area contributed by atoms with Gasteiger partial charge in [-0.2, -0.15) is 0 Å². The normalized spacial score (nSPS) is 12.1. The van der Waals surface area contributed by atoms with Crippen molar-refractivity contribution in [2.75, 3.05) is 11.2 Å². The second kappa shape index (κ2) is 9.82. The number of hydrogen-bond acceptors (Lipinski definition) is 6. The number of ether oxygens (including phenoxy) is 1. The van der Waals surface area contributed by atoms with E-state index >= 15 is 0 Å². The summed E-state index contributed by atoms with van der Waals surface area (Å²) in [5.41, 5.74) is 2.95. The zero-order valence-electron chi connectivity index (χ0n) is 17.9. The summed E-state index contributed by atoms with van der Waals surface area (Å²) in [7, 11) is 0. The van der Waals surface area contributed by atoms with E-state index in [0.29, 0.717) is 16.7 Å². The number of thioether (sulfide) groups is 1. The van der Waals surface area contributed by atoms with Crippen molar-refractivity contribution in [2.24, 2.45) is 0 Å². The van der Waals surface area contributed by atoms with Gasteiger partial charge in [-0.3, -0.25) is 4.79 Å². The van der Waals surface area contributed by atoms with E-state index in [2.05, 4.69) is 29.4 Å². The molecule has 9 heteroatoms. The summed E-state index contributed by atoms with van der Waals surface area (Å²) >= 11 is 1.21. The fourth-order valence-electron chi connectivity index (χ4n) is 2.94. The lowest BCUT2D eigenvalue weighted by molar-refractivity contribution is -0.115. The Morgan fingerprint density at radius 2 is 1.90 bits per heavy atom. The summed E-state index contributed by atoms with van der Waals surface area (Å²) in [6, 6.07) is 11.6. The minimum absolute atomic E-state index is 0.0667. The Bertz CT molecular complexity index is 1050. The smallest absolute Gasteiger partial charge is 0.237 e. The number of rotatable bonds is 8. The van der Waals surface area contributed by atoms with Crippen molar-refractivity contribution in [2.45, 2.75) is 50.6 Å². The molecule has 3 aromatic rings. The third kappa shape index (κ3) is 5.55. The fourth-order valence-corrected chi connectivity index (χ4v) is 3.73. The van der Waals surface area contributed by atoms with Gasteiger partial charge >= 0.3 is 0 Å². The molecule has 2 aromatic carbocycles. The predicted molar refractivity (Wildman–Crippen MR) is 120 cm³/mol. The van der Waals surface area contributed by atoms with Gasteiger partial charge in [0.15, 0.2) is 5.82 Å². The standard InChI is InChI=1S/C22H26FN5O2S/c1-13(2)18-7-5-6-14(3)20(18)25-21(29)15(4)31-22-27-26-19(28(22)24)12-30-17-10-8-16(23)9-11-17/h5-11,13,15H,12,24H2,1-4H3,(H,25,29). The molecular weight excluding hydrogens is 417 g/mol. The highest BCUT2D eigenvalue weighted by Crippen LogP contribution is 2.29. The largest absolute Gasteiger partial charge is 0.486 e. The quantitative estimate of drug-likeness (QED) is 0.399. The maximum absolute atomic E-state index is 13.0. The van der Waals surface area contributed by atoms with Gasteiger partial charge in [-0.05, 0) is 55.2 Å². The molecule has 3 rings (SSSR count). The van der Waals surface area contributed by atoms with Crippen LogP contribution in [0.2, 0.25) is 0 Å². The molecule has 0 fully saturated rings. The van der Waals surface area contributed by atoms with Crippen molar-refractivity contribution >= 4 is 23.4 Å². The number of amides is 1. The molecule has 0 aliphatic carbocycles. The van der Waals surface area contributed by atoms with Crippen molar-refractivity contribution in [1.82, 2.24) is 14.9 Å². The van der Waals surface area contributed by atoms with Crippen LogP contribution in [0.15, 0.2) is 47.6 Å². The molecule has 31 heavy (non-hydrogen) atoms. The number of carbonyl (C=O) groups is 1. The number of aryl methyl sites for hydroxylation is 1. The summed E-state index contributed by atoms with van der Waals surface area (Å²) in [4.78, 5) is 12.8. The number of nitrogens with two attached hydrogens (primary N) is 1. The Balaban J connectivity index is 1.64. The van der Waals surface area contributed by atoms with Gasteiger partial charge < -0.3 is 15.9 Å². The lowest BCUT2D eigenvalue weighted by Crippen LogP contribution is -2.25. The highest BCUT2D eigenvalue weighted by atomic mass is 32.2. The Hall–Kier alpha value is -3.07. The minimum Gasteiger partial charge on any atom is -0.486 e. The van der Waals surface area contributed by atoms with Crippen LogP contribution in [-0.2, 0) is 11.4 Å². The Morgan fingerprint density at radius 1 is 1.19 bits per heavy atom. The van der Waals surface area contributed by atoms with Gasteiger partial charge in [0.05, 0.1) is 5.25 Å². The number of anilines is 1. The summed E-state index contributed by atoms with van der Waals surface area (Å²) in [6.45, 7) is 8.02. The highest BCUT2D eigenvalue weighted by molar-refractivity contribution is 8.00. The number of hydrogen-bond donors (Lipinski definition) is 2. The SMILES string of the molecule is Cc1cccc(C(C)C)c1NC(=O)C(C)Sc1nnc(COc2ccc(F)cc2)n1N. The van der Waals surface area contributed by atoms with Crippen LogP contribution < -0.4 is 15.9 Å². The number of nitrogen functional groups attached to an aromatic ring is 1. The molecule has 164 valence electrons. The molecule has 1 heterocycles. The predicted octanol–water partition coefficient (Wildman–Crippen LogP) is 4.26. The number of benzene rings is 2. The third-order valence-corrected chi connectivity index (χ3v) is 5.80. The molecule has 7 nitrogen and oxygen atoms in total. The molecule has 0 saturated heterocycles. The number of para-hydroxylation sites is 1. The maximum Gasteiger partial charge on any atom is 0.237 e. The van der Waals surface area contributed by atoms with Crippen molar-refractivity contribution in [1.29, 1.82) is 0 Å². The van der Waals surface area contributed by atoms with Crippen molar-refractivity contribution in [3.8, 4) is 5.75 Å². The first-order valence-electron chi connectivity index (χ1n) is 9.91. The molecular formula is C22H26FN5O2S. The van der Waals surface area contributed by atoms with Gasteiger partial charge in [0.2, 0.25) is 11.1 Å². The van der Waals surface area contributed by atoms with E-state index in [0.717, 1.165) is 16.8 Å². The maximum atomic E-state index is 13.0. The van der Waals surface area contributed by atoms with E-state index < -0.39 is 5.25 Å². The number of carbonyl (C=O) groups excluding carboxylic acids is 1. The molecule has 3 N–H and O–H groups in total. The van der Waals surface area contributed by atoms with Crippen LogP contribution in [-0.4, -0.2) is 26.0 Å². The molecule has 1 atom stereocenters. The fraction of sp³-hybridized carbons (Fsp3) is 0.318. The Kier molecular flexibility index (Phi) is 7.17. The molecule has 0 spiro atoms. The zero-order valence-corrected chi connectivity index (χ0v) is 18.7. The molecule has 1 amide bonds. The minimum atomic E-state index is -0.447. The lowest BCUT2D eigenvalue weighted by atomic mass is 9.98. The Morgan fingerprint density at radius 3 is 2.58 bits per heavy atom. The zero-order chi connectivity index (χ0) is 22.5. The molecule has 0 saturated carbocycles. The van der Waals surface area contributed by atoms with Crippen molar-refractivity contribution in [3.63, 3.8) is 0 Å². The lowest BCUT2D eigenvalue weighted by Gasteiger charge is -2.18. The number of nitrogens with one attached hydrogen (secondary N) is 1. The van der Waals surface area contributed by atoms with Gasteiger partial charge in [-0.15, -0.1) is 10.2 Å². The Labute approximate surface area is 185 Å². The van der Waals surface area contributed by atoms with Gasteiger partial charge in [0.25, 0.3) is 0 Å². The van der Waals surface area contributed by atoms with Crippen LogP contribution in [0.3, 0.4) is 0 Å². The molecule has 0 radical (unpaired) electrons. The monoisotopic (exact) mass is 443 g/mol. The van der Waals surface area contributed by atoms with Gasteiger partial charge in [-0.1, -0.05) is 43.8 Å². The molecule has 0 aliphatic rings. The summed E-state index contributed by atoms with van der Waals surface area (Å²) in [5, 5.41) is 11.1. The number of halogens is 1. The van der Waals surface area contributed by atoms with E-state index in [-0.39, 0.29) is 24.2 Å². The summed E-state index contributed by atoms with van der Waals surface area (Å²) in [6.07, 6.45) is 0. The van der Waals surface area contributed by atoms with E-state index in [9.17, 15) is 9.18 Å². The molecule has 0 bridgehead atoms. The number of nitrogens with zero attached hydrogens (tertiary/aromatic N) is 3. The van der Waals surface area contributed by atoms with Crippen LogP contribution in [0.1, 0.15) is 43.6 Å². The van der Waals surface area contributed by atoms with Gasteiger partial charge in [0, 0.05) is 5.69 Å². The van der Waals surface area contributed by atoms with E-state index in [1.54, 1.807) is 6.92 Å². The number of aromatic nitrogens is 3. The van der Waals surface area contributed by atoms with Crippen molar-refractivity contribution in [3.05, 3.63) is 65.2 Å². The molecule has 1 unspecified atom stereocenters. The summed E-state index contributed by atoms with van der Waals surface area (Å²) < 4.78 is 19.8.